The summed E-state index contributed by atoms with van der Waals surface area (Å²) >= 11 is 0. The molecule has 0 spiro atoms. The minimum atomic E-state index is -2.75. The Bertz CT molecular complexity index is 322. The third kappa shape index (κ3) is 5.16. The van der Waals surface area contributed by atoms with E-state index >= 15 is 0 Å². The lowest BCUT2D eigenvalue weighted by atomic mass is 10.3. The maximum Gasteiger partial charge on any atom is 0.265 e. The molecule has 0 aliphatic rings. The van der Waals surface area contributed by atoms with Crippen molar-refractivity contribution in [2.45, 2.75) is 32.0 Å². The Kier molecular flexibility index (Phi) is 5.95. The Morgan fingerprint density at radius 1 is 1.47 bits per heavy atom. The first-order valence-electron chi connectivity index (χ1n) is 5.30. The van der Waals surface area contributed by atoms with E-state index in [1.807, 2.05) is 0 Å². The number of hydrogen-bond acceptors (Lipinski definition) is 5. The van der Waals surface area contributed by atoms with E-state index in [2.05, 4.69) is 15.6 Å². The molecule has 0 saturated heterocycles. The van der Waals surface area contributed by atoms with E-state index in [-0.39, 0.29) is 19.7 Å². The molecular formula is C9H16F2N4O2. The predicted molar refractivity (Wildman–Crippen MR) is 55.4 cm³/mol. The molecule has 0 aromatic carbocycles. The van der Waals surface area contributed by atoms with Crippen molar-refractivity contribution in [3.63, 3.8) is 0 Å². The summed E-state index contributed by atoms with van der Waals surface area (Å²) in [7, 11) is 0. The lowest BCUT2D eigenvalue weighted by molar-refractivity contribution is -0.00344. The molecule has 0 aliphatic heterocycles. The van der Waals surface area contributed by atoms with Crippen LogP contribution in [0.25, 0.3) is 0 Å². The largest absolute Gasteiger partial charge is 0.396 e. The van der Waals surface area contributed by atoms with Crippen molar-refractivity contribution in [1.82, 2.24) is 20.3 Å². The van der Waals surface area contributed by atoms with Gasteiger partial charge in [0.05, 0.1) is 5.69 Å². The van der Waals surface area contributed by atoms with Crippen LogP contribution in [-0.4, -0.2) is 50.9 Å². The van der Waals surface area contributed by atoms with Gasteiger partial charge in [0, 0.05) is 32.4 Å². The maximum absolute atomic E-state index is 12.0. The fourth-order valence-electron chi connectivity index (χ4n) is 1.20. The van der Waals surface area contributed by atoms with Gasteiger partial charge in [-0.05, 0) is 6.42 Å². The monoisotopic (exact) mass is 250 g/mol. The van der Waals surface area contributed by atoms with E-state index in [0.29, 0.717) is 18.7 Å². The highest BCUT2D eigenvalue weighted by Gasteiger charge is 2.15. The van der Waals surface area contributed by atoms with Crippen molar-refractivity contribution in [2.75, 3.05) is 13.2 Å². The number of nitrogens with zero attached hydrogens (tertiary/aromatic N) is 3. The molecule has 1 atom stereocenters. The Balaban J connectivity index is 2.25. The second-order valence-corrected chi connectivity index (χ2v) is 3.58. The van der Waals surface area contributed by atoms with Crippen molar-refractivity contribution in [2.24, 2.45) is 0 Å². The number of aromatic nitrogens is 3. The zero-order chi connectivity index (χ0) is 12.7. The number of aryl methyl sites for hydroxylation is 1. The van der Waals surface area contributed by atoms with Crippen LogP contribution in [-0.2, 0) is 13.1 Å². The molecule has 0 radical (unpaired) electrons. The summed E-state index contributed by atoms with van der Waals surface area (Å²) in [6, 6.07) is 0. The van der Waals surface area contributed by atoms with Gasteiger partial charge < -0.3 is 15.5 Å². The van der Waals surface area contributed by atoms with Gasteiger partial charge in [0.2, 0.25) is 0 Å². The number of alkyl halides is 2. The van der Waals surface area contributed by atoms with Crippen LogP contribution in [0.1, 0.15) is 12.1 Å². The highest BCUT2D eigenvalue weighted by atomic mass is 19.3. The molecule has 8 heteroatoms. The van der Waals surface area contributed by atoms with E-state index < -0.39 is 12.5 Å². The van der Waals surface area contributed by atoms with Crippen molar-refractivity contribution >= 4 is 0 Å². The first-order valence-corrected chi connectivity index (χ1v) is 5.30. The number of aliphatic hydroxyl groups excluding tert-OH is 2. The normalized spacial score (nSPS) is 13.2. The summed E-state index contributed by atoms with van der Waals surface area (Å²) < 4.78 is 25.5. The van der Waals surface area contributed by atoms with E-state index in [1.54, 1.807) is 10.9 Å². The Morgan fingerprint density at radius 3 is 2.88 bits per heavy atom. The van der Waals surface area contributed by atoms with Crippen LogP contribution in [0.2, 0.25) is 0 Å². The fourth-order valence-corrected chi connectivity index (χ4v) is 1.20. The van der Waals surface area contributed by atoms with E-state index in [9.17, 15) is 8.78 Å². The Hall–Kier alpha value is -1.12. The zero-order valence-electron chi connectivity index (χ0n) is 9.26. The number of halogens is 2. The summed E-state index contributed by atoms with van der Waals surface area (Å²) in [5.41, 5.74) is 0.601. The van der Waals surface area contributed by atoms with Crippen LogP contribution >= 0.6 is 0 Å². The number of hydrogen-bond donors (Lipinski definition) is 3. The summed E-state index contributed by atoms with van der Waals surface area (Å²) in [5, 5.41) is 27.7. The van der Waals surface area contributed by atoms with Gasteiger partial charge >= 0.3 is 0 Å². The van der Waals surface area contributed by atoms with Crippen LogP contribution in [0, 0.1) is 0 Å². The molecule has 17 heavy (non-hydrogen) atoms. The molecular weight excluding hydrogens is 234 g/mol. The zero-order valence-corrected chi connectivity index (χ0v) is 9.26. The predicted octanol–water partition coefficient (Wildman–Crippen LogP) is -0.624. The molecule has 3 N–H and O–H groups in total. The third-order valence-electron chi connectivity index (χ3n) is 2.08. The first-order chi connectivity index (χ1) is 8.13. The van der Waals surface area contributed by atoms with Crippen molar-refractivity contribution < 1.29 is 19.0 Å². The summed E-state index contributed by atoms with van der Waals surface area (Å²) in [5.74, 6) is 0. The van der Waals surface area contributed by atoms with Crippen LogP contribution in [0.3, 0.4) is 0 Å². The van der Waals surface area contributed by atoms with Gasteiger partial charge in [-0.3, -0.25) is 4.68 Å². The first kappa shape index (κ1) is 13.9. The molecule has 0 saturated carbocycles. The standard InChI is InChI=1S/C9H16F2N4O2/c10-9(11)8(17)5-12-4-7-6-15(14-13-7)2-1-3-16/h6,8-9,12,16-17H,1-5H2. The van der Waals surface area contributed by atoms with Crippen LogP contribution in [0.5, 0.6) is 0 Å². The van der Waals surface area contributed by atoms with E-state index in [4.69, 9.17) is 10.2 Å². The summed E-state index contributed by atoms with van der Waals surface area (Å²) in [6.07, 6.45) is -2.17. The molecule has 0 aliphatic carbocycles. The number of nitrogens with one attached hydrogen (secondary N) is 1. The molecule has 0 bridgehead atoms. The molecule has 98 valence electrons. The van der Waals surface area contributed by atoms with Gasteiger partial charge in [-0.2, -0.15) is 0 Å². The minimum Gasteiger partial charge on any atom is -0.396 e. The van der Waals surface area contributed by atoms with E-state index in [0.717, 1.165) is 0 Å². The highest BCUT2D eigenvalue weighted by molar-refractivity contribution is 4.91. The van der Waals surface area contributed by atoms with Gasteiger partial charge in [-0.25, -0.2) is 8.78 Å². The van der Waals surface area contributed by atoms with Crippen molar-refractivity contribution in [1.29, 1.82) is 0 Å². The Morgan fingerprint density at radius 2 is 2.24 bits per heavy atom. The number of aliphatic hydroxyl groups is 2. The maximum atomic E-state index is 12.0. The topological polar surface area (TPSA) is 83.2 Å². The lowest BCUT2D eigenvalue weighted by Gasteiger charge is -2.08. The molecule has 0 amide bonds. The quantitative estimate of drug-likeness (QED) is 0.572. The minimum absolute atomic E-state index is 0.0774. The molecule has 1 rings (SSSR count). The van der Waals surface area contributed by atoms with Gasteiger partial charge in [0.15, 0.2) is 0 Å². The molecule has 1 aromatic rings. The van der Waals surface area contributed by atoms with Crippen molar-refractivity contribution in [3.8, 4) is 0 Å². The average molecular weight is 250 g/mol. The summed E-state index contributed by atoms with van der Waals surface area (Å²) in [4.78, 5) is 0. The highest BCUT2D eigenvalue weighted by Crippen LogP contribution is 1.99. The molecule has 1 unspecified atom stereocenters. The third-order valence-corrected chi connectivity index (χ3v) is 2.08. The van der Waals surface area contributed by atoms with E-state index in [1.165, 1.54) is 0 Å². The van der Waals surface area contributed by atoms with Crippen LogP contribution in [0.15, 0.2) is 6.20 Å². The van der Waals surface area contributed by atoms with Crippen LogP contribution < -0.4 is 5.32 Å². The summed E-state index contributed by atoms with van der Waals surface area (Å²) in [6.45, 7) is 0.710. The average Bonchev–Trinajstić information content (AvgIpc) is 2.74. The smallest absolute Gasteiger partial charge is 0.265 e. The second kappa shape index (κ2) is 7.25. The van der Waals surface area contributed by atoms with Gasteiger partial charge in [0.25, 0.3) is 6.43 Å². The van der Waals surface area contributed by atoms with Gasteiger partial charge in [0.1, 0.15) is 6.10 Å². The SMILES string of the molecule is OCCCn1cc(CNCC(O)C(F)F)nn1. The second-order valence-electron chi connectivity index (χ2n) is 3.58. The molecule has 0 fully saturated rings. The van der Waals surface area contributed by atoms with Gasteiger partial charge in [-0.15, -0.1) is 5.10 Å². The van der Waals surface area contributed by atoms with Crippen molar-refractivity contribution in [3.05, 3.63) is 11.9 Å². The Labute approximate surface area is 97.3 Å². The molecule has 1 heterocycles. The fraction of sp³-hybridized carbons (Fsp3) is 0.778. The molecule has 6 nitrogen and oxygen atoms in total. The lowest BCUT2D eigenvalue weighted by Crippen LogP contribution is -2.31. The van der Waals surface area contributed by atoms with Crippen LogP contribution in [0.4, 0.5) is 8.78 Å². The molecule has 1 aromatic heterocycles. The number of rotatable bonds is 8. The van der Waals surface area contributed by atoms with Gasteiger partial charge in [-0.1, -0.05) is 5.21 Å².